The highest BCUT2D eigenvalue weighted by molar-refractivity contribution is 5.39. The molecule has 1 aliphatic rings. The van der Waals surface area contributed by atoms with Crippen LogP contribution in [-0.4, -0.2) is 20.2 Å². The van der Waals surface area contributed by atoms with Gasteiger partial charge in [-0.3, -0.25) is 0 Å². The first-order valence-electron chi connectivity index (χ1n) is 6.79. The predicted octanol–water partition coefficient (Wildman–Crippen LogP) is 2.94. The molecule has 2 rings (SSSR count). The number of benzene rings is 1. The van der Waals surface area contributed by atoms with Gasteiger partial charge in [0.05, 0.1) is 6.61 Å². The summed E-state index contributed by atoms with van der Waals surface area (Å²) < 4.78 is 5.52. The van der Waals surface area contributed by atoms with Crippen LogP contribution in [0.1, 0.15) is 36.8 Å². The van der Waals surface area contributed by atoms with Gasteiger partial charge in [-0.25, -0.2) is 0 Å². The molecule has 0 saturated carbocycles. The van der Waals surface area contributed by atoms with Gasteiger partial charge in [-0.05, 0) is 50.0 Å². The van der Waals surface area contributed by atoms with Gasteiger partial charge in [0.2, 0.25) is 0 Å². The molecule has 0 atom stereocenters. The van der Waals surface area contributed by atoms with E-state index in [-0.39, 0.29) is 0 Å². The van der Waals surface area contributed by atoms with Crippen LogP contribution in [0.5, 0.6) is 5.75 Å². The minimum Gasteiger partial charge on any atom is -0.493 e. The lowest BCUT2D eigenvalue weighted by molar-refractivity contribution is 0.357. The molecule has 1 aromatic rings. The molecule has 0 saturated heterocycles. The summed E-state index contributed by atoms with van der Waals surface area (Å²) in [6.07, 6.45) is 7.60. The van der Waals surface area contributed by atoms with Gasteiger partial charge < -0.3 is 10.1 Å². The Morgan fingerprint density at radius 3 is 2.94 bits per heavy atom. The van der Waals surface area contributed by atoms with Crippen molar-refractivity contribution in [1.29, 1.82) is 0 Å². The van der Waals surface area contributed by atoms with E-state index >= 15 is 0 Å². The molecular formula is C15H23NO. The van der Waals surface area contributed by atoms with Crippen molar-refractivity contribution in [2.24, 2.45) is 0 Å². The van der Waals surface area contributed by atoms with Gasteiger partial charge in [0.1, 0.15) is 5.75 Å². The minimum absolute atomic E-state index is 0.864. The summed E-state index contributed by atoms with van der Waals surface area (Å²) in [5.41, 5.74) is 2.88. The second-order valence-corrected chi connectivity index (χ2v) is 4.81. The smallest absolute Gasteiger partial charge is 0.122 e. The van der Waals surface area contributed by atoms with E-state index in [1.54, 1.807) is 0 Å². The molecule has 0 amide bonds. The fraction of sp³-hybridized carbons (Fsp3) is 0.600. The lowest BCUT2D eigenvalue weighted by Gasteiger charge is -2.04. The Balaban J connectivity index is 1.69. The van der Waals surface area contributed by atoms with Crippen LogP contribution in [0.2, 0.25) is 0 Å². The van der Waals surface area contributed by atoms with Crippen LogP contribution < -0.4 is 10.1 Å². The molecular weight excluding hydrogens is 210 g/mol. The van der Waals surface area contributed by atoms with Crippen molar-refractivity contribution in [1.82, 2.24) is 5.32 Å². The Kier molecular flexibility index (Phi) is 4.87. The molecule has 1 aromatic carbocycles. The Hall–Kier alpha value is -1.02. The SMILES string of the molecule is CNCCCCCCc1ccc2c(c1)CCO2. The third kappa shape index (κ3) is 3.74. The highest BCUT2D eigenvalue weighted by atomic mass is 16.5. The van der Waals surface area contributed by atoms with Crippen LogP contribution in [0, 0.1) is 0 Å². The first-order valence-corrected chi connectivity index (χ1v) is 6.79. The quantitative estimate of drug-likeness (QED) is 0.731. The molecule has 0 bridgehead atoms. The largest absolute Gasteiger partial charge is 0.493 e. The third-order valence-electron chi connectivity index (χ3n) is 3.40. The first-order chi connectivity index (χ1) is 8.40. The maximum absolute atomic E-state index is 5.52. The molecule has 1 N–H and O–H groups in total. The van der Waals surface area contributed by atoms with E-state index < -0.39 is 0 Å². The average Bonchev–Trinajstić information content (AvgIpc) is 2.81. The van der Waals surface area contributed by atoms with Gasteiger partial charge in [0, 0.05) is 6.42 Å². The van der Waals surface area contributed by atoms with Crippen molar-refractivity contribution in [2.45, 2.75) is 38.5 Å². The van der Waals surface area contributed by atoms with E-state index in [2.05, 4.69) is 23.5 Å². The third-order valence-corrected chi connectivity index (χ3v) is 3.40. The zero-order valence-corrected chi connectivity index (χ0v) is 10.8. The van der Waals surface area contributed by atoms with Gasteiger partial charge in [-0.2, -0.15) is 0 Å². The molecule has 1 heterocycles. The molecule has 0 fully saturated rings. The number of hydrogen-bond acceptors (Lipinski definition) is 2. The van der Waals surface area contributed by atoms with Crippen molar-refractivity contribution in [3.05, 3.63) is 29.3 Å². The molecule has 0 spiro atoms. The van der Waals surface area contributed by atoms with Crippen LogP contribution in [0.25, 0.3) is 0 Å². The number of nitrogens with one attached hydrogen (secondary N) is 1. The molecule has 2 heteroatoms. The van der Waals surface area contributed by atoms with E-state index in [9.17, 15) is 0 Å². The molecule has 17 heavy (non-hydrogen) atoms. The fourth-order valence-electron chi connectivity index (χ4n) is 2.38. The van der Waals surface area contributed by atoms with Gasteiger partial charge in [0.25, 0.3) is 0 Å². The highest BCUT2D eigenvalue weighted by Gasteiger charge is 2.11. The normalized spacial score (nSPS) is 13.5. The van der Waals surface area contributed by atoms with Gasteiger partial charge in [-0.1, -0.05) is 25.0 Å². The summed E-state index contributed by atoms with van der Waals surface area (Å²) in [5.74, 6) is 1.10. The molecule has 2 nitrogen and oxygen atoms in total. The van der Waals surface area contributed by atoms with Crippen molar-refractivity contribution in [3.8, 4) is 5.75 Å². The Morgan fingerprint density at radius 1 is 1.18 bits per heavy atom. The summed E-state index contributed by atoms with van der Waals surface area (Å²) in [6.45, 7) is 2.01. The second-order valence-electron chi connectivity index (χ2n) is 4.81. The summed E-state index contributed by atoms with van der Waals surface area (Å²) >= 11 is 0. The van der Waals surface area contributed by atoms with Crippen LogP contribution in [0.15, 0.2) is 18.2 Å². The maximum Gasteiger partial charge on any atom is 0.122 e. The summed E-state index contributed by atoms with van der Waals surface area (Å²) in [5, 5.41) is 3.19. The Bertz CT molecular complexity index is 349. The van der Waals surface area contributed by atoms with Crippen molar-refractivity contribution in [3.63, 3.8) is 0 Å². The van der Waals surface area contributed by atoms with Crippen molar-refractivity contribution in [2.75, 3.05) is 20.2 Å². The van der Waals surface area contributed by atoms with E-state index in [0.29, 0.717) is 0 Å². The first kappa shape index (κ1) is 12.4. The highest BCUT2D eigenvalue weighted by Crippen LogP contribution is 2.26. The van der Waals surface area contributed by atoms with E-state index in [1.807, 2.05) is 7.05 Å². The summed E-state index contributed by atoms with van der Waals surface area (Å²) in [7, 11) is 2.02. The zero-order valence-electron chi connectivity index (χ0n) is 10.8. The van der Waals surface area contributed by atoms with Crippen molar-refractivity contribution < 1.29 is 4.74 Å². The van der Waals surface area contributed by atoms with Gasteiger partial charge in [-0.15, -0.1) is 0 Å². The standard InChI is InChI=1S/C15H23NO/c1-16-10-5-3-2-4-6-13-7-8-15-14(12-13)9-11-17-15/h7-8,12,16H,2-6,9-11H2,1H3. The average molecular weight is 233 g/mol. The lowest BCUT2D eigenvalue weighted by atomic mass is 10.0. The minimum atomic E-state index is 0.864. The van der Waals surface area contributed by atoms with E-state index in [0.717, 1.165) is 25.3 Å². The number of unbranched alkanes of at least 4 members (excludes halogenated alkanes) is 3. The van der Waals surface area contributed by atoms with Crippen LogP contribution in [0.3, 0.4) is 0 Å². The molecule has 94 valence electrons. The maximum atomic E-state index is 5.52. The number of ether oxygens (including phenoxy) is 1. The molecule has 1 aliphatic heterocycles. The molecule has 0 aliphatic carbocycles. The van der Waals surface area contributed by atoms with Crippen LogP contribution in [0.4, 0.5) is 0 Å². The zero-order chi connectivity index (χ0) is 11.9. The number of rotatable bonds is 7. The Labute approximate surface area is 104 Å². The number of aryl methyl sites for hydroxylation is 1. The molecule has 0 aromatic heterocycles. The fourth-order valence-corrected chi connectivity index (χ4v) is 2.38. The van der Waals surface area contributed by atoms with Gasteiger partial charge in [0.15, 0.2) is 0 Å². The van der Waals surface area contributed by atoms with Gasteiger partial charge >= 0.3 is 0 Å². The van der Waals surface area contributed by atoms with E-state index in [1.165, 1.54) is 43.2 Å². The monoisotopic (exact) mass is 233 g/mol. The van der Waals surface area contributed by atoms with Crippen LogP contribution in [-0.2, 0) is 12.8 Å². The Morgan fingerprint density at radius 2 is 2.06 bits per heavy atom. The summed E-state index contributed by atoms with van der Waals surface area (Å²) in [6, 6.07) is 6.69. The number of fused-ring (bicyclic) bond motifs is 1. The molecule has 0 radical (unpaired) electrons. The lowest BCUT2D eigenvalue weighted by Crippen LogP contribution is -2.06. The topological polar surface area (TPSA) is 21.3 Å². The van der Waals surface area contributed by atoms with Crippen LogP contribution >= 0.6 is 0 Å². The van der Waals surface area contributed by atoms with Crippen molar-refractivity contribution >= 4 is 0 Å². The second kappa shape index (κ2) is 6.65. The number of hydrogen-bond donors (Lipinski definition) is 1. The van der Waals surface area contributed by atoms with E-state index in [4.69, 9.17) is 4.74 Å². The summed E-state index contributed by atoms with van der Waals surface area (Å²) in [4.78, 5) is 0. The predicted molar refractivity (Wildman–Crippen MR) is 71.7 cm³/mol. The molecule has 0 unspecified atom stereocenters.